The fourth-order valence-electron chi connectivity index (χ4n) is 0.526. The number of hydrogen-bond acceptors (Lipinski definition) is 5. The van der Waals surface area contributed by atoms with Crippen LogP contribution in [0.15, 0.2) is 0 Å². The summed E-state index contributed by atoms with van der Waals surface area (Å²) in [6, 6.07) is 0. The third-order valence-corrected chi connectivity index (χ3v) is 0.994. The molecule has 0 aliphatic heterocycles. The Morgan fingerprint density at radius 2 is 1.53 bits per heavy atom. The summed E-state index contributed by atoms with van der Waals surface area (Å²) in [5, 5.41) is 18.9. The Bertz CT molecular complexity index is 180. The van der Waals surface area contributed by atoms with E-state index in [-0.39, 0.29) is 7.43 Å². The number of isocyanates is 2. The van der Waals surface area contributed by atoms with Crippen LogP contribution < -0.4 is 0 Å². The molecule has 0 bridgehead atoms. The molecule has 0 unspecified atom stereocenters. The predicted octanol–water partition coefficient (Wildman–Crippen LogP) is 2.09. The van der Waals surface area contributed by atoms with Gasteiger partial charge >= 0.3 is 5.97 Å². The number of carbonyl (C=O) groups excluding carboxylic acids is 2. The van der Waals surface area contributed by atoms with Crippen LogP contribution in [-0.4, -0.2) is 23.2 Å². The van der Waals surface area contributed by atoms with E-state index in [1.54, 1.807) is 0 Å². The first kappa shape index (κ1) is 23.2. The van der Waals surface area contributed by atoms with E-state index in [2.05, 4.69) is 6.92 Å². The van der Waals surface area contributed by atoms with Gasteiger partial charge in [-0.2, -0.15) is 0 Å². The molecule has 0 aromatic heterocycles. The van der Waals surface area contributed by atoms with Gasteiger partial charge in [-0.25, -0.2) is 20.4 Å². The molecule has 0 aliphatic carbocycles. The van der Waals surface area contributed by atoms with Crippen molar-refractivity contribution in [2.75, 3.05) is 0 Å². The Labute approximate surface area is 89.3 Å². The van der Waals surface area contributed by atoms with Gasteiger partial charge in [0.1, 0.15) is 0 Å². The second-order valence-electron chi connectivity index (χ2n) is 2.05. The minimum Gasteiger partial charge on any atom is -0.481 e. The van der Waals surface area contributed by atoms with Crippen molar-refractivity contribution in [1.29, 1.82) is 10.8 Å². The average Bonchev–Trinajstić information content (AvgIpc) is 2.07. The monoisotopic (exact) mass is 218 g/mol. The molecule has 15 heavy (non-hydrogen) atoms. The summed E-state index contributed by atoms with van der Waals surface area (Å²) in [7, 11) is 0. The number of nitrogens with one attached hydrogen (secondary N) is 2. The molecule has 0 spiro atoms. The number of carboxylic acid groups (broad SMARTS) is 1. The van der Waals surface area contributed by atoms with Gasteiger partial charge < -0.3 is 5.11 Å². The van der Waals surface area contributed by atoms with E-state index in [1.807, 2.05) is 0 Å². The molecule has 6 nitrogen and oxygen atoms in total. The minimum absolute atomic E-state index is 0. The Morgan fingerprint density at radius 1 is 1.20 bits per heavy atom. The summed E-state index contributed by atoms with van der Waals surface area (Å²) in [5.74, 6) is -0.682. The van der Waals surface area contributed by atoms with Gasteiger partial charge in [-0.15, -0.1) is 0 Å². The molecule has 0 fully saturated rings. The lowest BCUT2D eigenvalue weighted by atomic mass is 10.2. The van der Waals surface area contributed by atoms with Crippen molar-refractivity contribution in [2.24, 2.45) is 0 Å². The molecule has 0 heterocycles. The minimum atomic E-state index is -0.682. The van der Waals surface area contributed by atoms with Crippen molar-refractivity contribution >= 4 is 18.1 Å². The van der Waals surface area contributed by atoms with E-state index in [9.17, 15) is 4.79 Å². The van der Waals surface area contributed by atoms with Crippen LogP contribution in [0.25, 0.3) is 0 Å². The maximum absolute atomic E-state index is 9.87. The topological polar surface area (TPSA) is 119 Å². The smallest absolute Gasteiger partial charge is 0.303 e. The number of carbonyl (C=O) groups is 1. The molecule has 0 rings (SSSR count). The van der Waals surface area contributed by atoms with Crippen LogP contribution in [0.3, 0.4) is 0 Å². The summed E-state index contributed by atoms with van der Waals surface area (Å²) >= 11 is 0. The largest absolute Gasteiger partial charge is 0.481 e. The van der Waals surface area contributed by atoms with E-state index in [1.165, 1.54) is 0 Å². The SMILES string of the molecule is C.CCCCCC(=O)O.N=C=O.N=C=O. The molecule has 88 valence electrons. The zero-order chi connectivity index (χ0) is 11.8. The van der Waals surface area contributed by atoms with E-state index >= 15 is 0 Å². The maximum Gasteiger partial charge on any atom is 0.303 e. The molecule has 0 atom stereocenters. The van der Waals surface area contributed by atoms with Gasteiger partial charge in [-0.1, -0.05) is 27.2 Å². The van der Waals surface area contributed by atoms with E-state index < -0.39 is 5.97 Å². The average molecular weight is 218 g/mol. The lowest BCUT2D eigenvalue weighted by Gasteiger charge is -1.89. The Morgan fingerprint density at radius 3 is 1.73 bits per heavy atom. The molecule has 6 heteroatoms. The highest BCUT2D eigenvalue weighted by molar-refractivity contribution is 5.66. The summed E-state index contributed by atoms with van der Waals surface area (Å²) < 4.78 is 0. The molecule has 0 amide bonds. The first-order valence-electron chi connectivity index (χ1n) is 3.90. The van der Waals surface area contributed by atoms with Crippen LogP contribution in [0.1, 0.15) is 40.0 Å². The Hall–Kier alpha value is -1.77. The Kier molecular flexibility index (Phi) is 45.7. The summed E-state index contributed by atoms with van der Waals surface area (Å²) in [6.07, 6.45) is 4.78. The number of aliphatic carboxylic acids is 1. The van der Waals surface area contributed by atoms with Crippen molar-refractivity contribution in [1.82, 2.24) is 0 Å². The maximum atomic E-state index is 9.87. The summed E-state index contributed by atoms with van der Waals surface area (Å²) in [6.45, 7) is 2.06. The van der Waals surface area contributed by atoms with Gasteiger partial charge in [-0.3, -0.25) is 4.79 Å². The Balaban J connectivity index is -0.0000000733. The predicted molar refractivity (Wildman–Crippen MR) is 55.3 cm³/mol. The zero-order valence-electron chi connectivity index (χ0n) is 8.00. The second-order valence-corrected chi connectivity index (χ2v) is 2.05. The number of hydrogen-bond donors (Lipinski definition) is 3. The molecule has 0 aromatic carbocycles. The van der Waals surface area contributed by atoms with Crippen LogP contribution in [0.2, 0.25) is 0 Å². The highest BCUT2D eigenvalue weighted by Crippen LogP contribution is 1.97. The summed E-state index contributed by atoms with van der Waals surface area (Å²) in [5.41, 5.74) is 0. The second kappa shape index (κ2) is 29.5. The third-order valence-electron chi connectivity index (χ3n) is 0.994. The van der Waals surface area contributed by atoms with E-state index in [0.717, 1.165) is 31.4 Å². The van der Waals surface area contributed by atoms with Crippen molar-refractivity contribution in [3.8, 4) is 0 Å². The molecule has 0 saturated heterocycles. The summed E-state index contributed by atoms with van der Waals surface area (Å²) in [4.78, 5) is 26.6. The third kappa shape index (κ3) is 123. The van der Waals surface area contributed by atoms with Crippen LogP contribution in [0, 0.1) is 10.8 Å². The quantitative estimate of drug-likeness (QED) is 0.380. The van der Waals surface area contributed by atoms with Crippen molar-refractivity contribution in [2.45, 2.75) is 40.0 Å². The van der Waals surface area contributed by atoms with Gasteiger partial charge in [0.05, 0.1) is 0 Å². The first-order chi connectivity index (χ1) is 6.60. The molecular weight excluding hydrogens is 200 g/mol. The molecule has 0 aliphatic rings. The van der Waals surface area contributed by atoms with Gasteiger partial charge in [0.2, 0.25) is 12.2 Å². The molecule has 0 aromatic rings. The lowest BCUT2D eigenvalue weighted by Crippen LogP contribution is -1.92. The van der Waals surface area contributed by atoms with E-state index in [4.69, 9.17) is 25.5 Å². The lowest BCUT2D eigenvalue weighted by molar-refractivity contribution is -0.137. The fourth-order valence-corrected chi connectivity index (χ4v) is 0.526. The van der Waals surface area contributed by atoms with Gasteiger partial charge in [0.25, 0.3) is 0 Å². The normalized spacial score (nSPS) is 5.93. The van der Waals surface area contributed by atoms with E-state index in [0.29, 0.717) is 6.42 Å². The van der Waals surface area contributed by atoms with Gasteiger partial charge in [0, 0.05) is 6.42 Å². The number of carboxylic acids is 1. The standard InChI is InChI=1S/C6H12O2.2CHNO.CH4/c1-2-3-4-5-6(7)8;2*2-1-3;/h2-5H2,1H3,(H,7,8);2*2H;1H4. The van der Waals surface area contributed by atoms with Crippen LogP contribution in [0.5, 0.6) is 0 Å². The van der Waals surface area contributed by atoms with Crippen LogP contribution in [-0.2, 0) is 14.4 Å². The van der Waals surface area contributed by atoms with Crippen molar-refractivity contribution in [3.63, 3.8) is 0 Å². The van der Waals surface area contributed by atoms with Crippen LogP contribution in [0.4, 0.5) is 0 Å². The van der Waals surface area contributed by atoms with Crippen LogP contribution >= 0.6 is 0 Å². The van der Waals surface area contributed by atoms with Gasteiger partial charge in [-0.05, 0) is 6.42 Å². The highest BCUT2D eigenvalue weighted by Gasteiger charge is 1.92. The zero-order valence-corrected chi connectivity index (χ0v) is 8.00. The molecular formula is C9H18N2O4. The van der Waals surface area contributed by atoms with Crippen molar-refractivity contribution < 1.29 is 19.5 Å². The molecule has 0 radical (unpaired) electrons. The number of rotatable bonds is 4. The first-order valence-corrected chi connectivity index (χ1v) is 3.90. The van der Waals surface area contributed by atoms with Crippen molar-refractivity contribution in [3.05, 3.63) is 0 Å². The number of unbranched alkanes of at least 4 members (excludes halogenated alkanes) is 2. The fraction of sp³-hybridized carbons (Fsp3) is 0.667. The molecule has 3 N–H and O–H groups in total. The molecule has 0 saturated carbocycles. The highest BCUT2D eigenvalue weighted by atomic mass is 16.4. The van der Waals surface area contributed by atoms with Gasteiger partial charge in [0.15, 0.2) is 0 Å².